The third-order valence-electron chi connectivity index (χ3n) is 5.89. The molecule has 0 spiro atoms. The Bertz CT molecular complexity index is 1430. The lowest BCUT2D eigenvalue weighted by Crippen LogP contribution is -2.47. The normalized spacial score (nSPS) is 14.1. The molecule has 1 aromatic heterocycles. The van der Waals surface area contributed by atoms with Crippen molar-refractivity contribution in [3.05, 3.63) is 75.9 Å². The smallest absolute Gasteiger partial charge is 0.264 e. The Morgan fingerprint density at radius 3 is 2.37 bits per heavy atom. The van der Waals surface area contributed by atoms with Crippen molar-refractivity contribution in [1.82, 2.24) is 4.98 Å². The average Bonchev–Trinajstić information content (AvgIpc) is 2.81. The molecule has 0 unspecified atom stereocenters. The number of hydrogen-bond donors (Lipinski definition) is 1. The van der Waals surface area contributed by atoms with Gasteiger partial charge in [0.25, 0.3) is 10.0 Å². The fourth-order valence-corrected chi connectivity index (χ4v) is 5.51. The SMILES string of the molecule is Cc1nc(N2CCN(c3cccc(Cl)c3)CC2)c(C#N)c(C)c1NS(=O)(=O)c1ccc(F)cc1F. The number of anilines is 3. The maximum absolute atomic E-state index is 14.1. The molecule has 0 saturated carbocycles. The maximum Gasteiger partial charge on any atom is 0.264 e. The van der Waals surface area contributed by atoms with E-state index in [1.165, 1.54) is 0 Å². The Morgan fingerprint density at radius 1 is 1.06 bits per heavy atom. The number of nitrogens with zero attached hydrogens (tertiary/aromatic N) is 4. The summed E-state index contributed by atoms with van der Waals surface area (Å²) in [6, 6.07) is 11.9. The fraction of sp³-hybridized carbons (Fsp3) is 0.250. The van der Waals surface area contributed by atoms with Crippen molar-refractivity contribution < 1.29 is 17.2 Å². The van der Waals surface area contributed by atoms with Crippen LogP contribution < -0.4 is 14.5 Å². The molecule has 1 aliphatic rings. The van der Waals surface area contributed by atoms with Crippen LogP contribution in [0.3, 0.4) is 0 Å². The number of pyridine rings is 1. The number of benzene rings is 2. The van der Waals surface area contributed by atoms with Crippen LogP contribution in [0.25, 0.3) is 0 Å². The lowest BCUT2D eigenvalue weighted by molar-refractivity contribution is 0.551. The Kier molecular flexibility index (Phi) is 6.83. The summed E-state index contributed by atoms with van der Waals surface area (Å²) in [7, 11) is -4.38. The number of piperazine rings is 1. The van der Waals surface area contributed by atoms with Crippen LogP contribution in [0.15, 0.2) is 47.4 Å². The van der Waals surface area contributed by atoms with Gasteiger partial charge in [-0.25, -0.2) is 22.2 Å². The van der Waals surface area contributed by atoms with Crippen LogP contribution in [0.4, 0.5) is 26.0 Å². The van der Waals surface area contributed by atoms with Crippen molar-refractivity contribution in [2.24, 2.45) is 0 Å². The van der Waals surface area contributed by atoms with Crippen LogP contribution >= 0.6 is 11.6 Å². The highest BCUT2D eigenvalue weighted by atomic mass is 35.5. The molecule has 35 heavy (non-hydrogen) atoms. The summed E-state index contributed by atoms with van der Waals surface area (Å²) in [5.74, 6) is -1.64. The first-order valence-electron chi connectivity index (χ1n) is 10.8. The molecular weight excluding hydrogens is 496 g/mol. The van der Waals surface area contributed by atoms with Gasteiger partial charge < -0.3 is 9.80 Å². The van der Waals surface area contributed by atoms with Crippen molar-refractivity contribution >= 4 is 38.8 Å². The molecule has 1 fully saturated rings. The van der Waals surface area contributed by atoms with E-state index in [1.54, 1.807) is 13.8 Å². The second-order valence-corrected chi connectivity index (χ2v) is 10.2. The number of aromatic nitrogens is 1. The van der Waals surface area contributed by atoms with Gasteiger partial charge in [-0.15, -0.1) is 0 Å². The summed E-state index contributed by atoms with van der Waals surface area (Å²) in [6.45, 7) is 5.78. The van der Waals surface area contributed by atoms with E-state index in [2.05, 4.69) is 20.7 Å². The molecule has 11 heteroatoms. The number of nitrogens with one attached hydrogen (secondary N) is 1. The minimum Gasteiger partial charge on any atom is -0.368 e. The molecule has 0 aliphatic carbocycles. The van der Waals surface area contributed by atoms with Gasteiger partial charge >= 0.3 is 0 Å². The van der Waals surface area contributed by atoms with Crippen molar-refractivity contribution in [1.29, 1.82) is 5.26 Å². The molecule has 7 nitrogen and oxygen atoms in total. The highest BCUT2D eigenvalue weighted by molar-refractivity contribution is 7.92. The Labute approximate surface area is 207 Å². The lowest BCUT2D eigenvalue weighted by Gasteiger charge is -2.37. The Morgan fingerprint density at radius 2 is 1.74 bits per heavy atom. The van der Waals surface area contributed by atoms with E-state index in [9.17, 15) is 22.5 Å². The van der Waals surface area contributed by atoms with Crippen molar-refractivity contribution in [2.75, 3.05) is 40.7 Å². The van der Waals surface area contributed by atoms with E-state index in [1.807, 2.05) is 29.2 Å². The van der Waals surface area contributed by atoms with E-state index in [0.29, 0.717) is 54.3 Å². The molecule has 1 aliphatic heterocycles. The zero-order chi connectivity index (χ0) is 25.3. The first-order chi connectivity index (χ1) is 16.6. The molecule has 4 rings (SSSR count). The number of halogens is 3. The molecule has 2 aromatic carbocycles. The van der Waals surface area contributed by atoms with Gasteiger partial charge in [0, 0.05) is 43.0 Å². The molecule has 0 bridgehead atoms. The molecule has 0 atom stereocenters. The molecular formula is C24H22ClF2N5O2S. The maximum atomic E-state index is 14.1. The van der Waals surface area contributed by atoms with E-state index < -0.39 is 26.6 Å². The third-order valence-corrected chi connectivity index (χ3v) is 7.51. The van der Waals surface area contributed by atoms with Crippen LogP contribution in [0.2, 0.25) is 5.02 Å². The number of hydrogen-bond acceptors (Lipinski definition) is 6. The third kappa shape index (κ3) is 5.01. The fourth-order valence-electron chi connectivity index (χ4n) is 4.08. The quantitative estimate of drug-likeness (QED) is 0.531. The number of nitriles is 1. The Hall–Kier alpha value is -3.42. The van der Waals surface area contributed by atoms with Crippen LogP contribution in [0, 0.1) is 36.8 Å². The minimum absolute atomic E-state index is 0.0894. The van der Waals surface area contributed by atoms with E-state index in [0.717, 1.165) is 17.8 Å². The number of rotatable bonds is 5. The second-order valence-electron chi connectivity index (χ2n) is 8.14. The molecule has 3 aromatic rings. The van der Waals surface area contributed by atoms with E-state index >= 15 is 0 Å². The summed E-state index contributed by atoms with van der Waals surface area (Å²) >= 11 is 6.11. The summed E-state index contributed by atoms with van der Waals surface area (Å²) < 4.78 is 55.3. The van der Waals surface area contributed by atoms with Crippen LogP contribution in [0.1, 0.15) is 16.8 Å². The van der Waals surface area contributed by atoms with Crippen LogP contribution in [0.5, 0.6) is 0 Å². The predicted molar refractivity (Wildman–Crippen MR) is 131 cm³/mol. The van der Waals surface area contributed by atoms with Gasteiger partial charge in [-0.2, -0.15) is 5.26 Å². The zero-order valence-electron chi connectivity index (χ0n) is 19.0. The Balaban J connectivity index is 1.61. The highest BCUT2D eigenvalue weighted by Gasteiger charge is 2.27. The van der Waals surface area contributed by atoms with Gasteiger partial charge in [0.2, 0.25) is 0 Å². The van der Waals surface area contributed by atoms with Gasteiger partial charge in [0.1, 0.15) is 28.4 Å². The first kappa shape index (κ1) is 24.7. The lowest BCUT2D eigenvalue weighted by atomic mass is 10.1. The molecule has 182 valence electrons. The topological polar surface area (TPSA) is 89.3 Å². The molecule has 1 saturated heterocycles. The van der Waals surface area contributed by atoms with Crippen LogP contribution in [-0.2, 0) is 10.0 Å². The number of aryl methyl sites for hydroxylation is 1. The van der Waals surface area contributed by atoms with Gasteiger partial charge in [-0.1, -0.05) is 17.7 Å². The molecule has 0 amide bonds. The molecule has 2 heterocycles. The van der Waals surface area contributed by atoms with Crippen molar-refractivity contribution in [3.63, 3.8) is 0 Å². The summed E-state index contributed by atoms with van der Waals surface area (Å²) in [6.07, 6.45) is 0. The summed E-state index contributed by atoms with van der Waals surface area (Å²) in [5.41, 5.74) is 2.03. The minimum atomic E-state index is -4.38. The molecule has 0 radical (unpaired) electrons. The first-order valence-corrected chi connectivity index (χ1v) is 12.6. The average molecular weight is 518 g/mol. The largest absolute Gasteiger partial charge is 0.368 e. The van der Waals surface area contributed by atoms with Crippen molar-refractivity contribution in [3.8, 4) is 6.07 Å². The van der Waals surface area contributed by atoms with Gasteiger partial charge in [-0.05, 0) is 49.7 Å². The predicted octanol–water partition coefficient (Wildman–Crippen LogP) is 4.63. The van der Waals surface area contributed by atoms with Gasteiger partial charge in [-0.3, -0.25) is 4.72 Å². The van der Waals surface area contributed by atoms with Gasteiger partial charge in [0.05, 0.1) is 16.9 Å². The second kappa shape index (κ2) is 9.68. The standard InChI is InChI=1S/C24H22ClF2N5O2S/c1-15-20(14-28)24(32-10-8-31(9-11-32)19-5-3-4-17(25)12-19)29-16(2)23(15)30-35(33,34)22-7-6-18(26)13-21(22)27/h3-7,12-13,30H,8-11H2,1-2H3. The summed E-state index contributed by atoms with van der Waals surface area (Å²) in [5, 5.41) is 10.5. The highest BCUT2D eigenvalue weighted by Crippen LogP contribution is 2.32. The number of sulfonamides is 1. The van der Waals surface area contributed by atoms with E-state index in [4.69, 9.17) is 11.6 Å². The monoisotopic (exact) mass is 517 g/mol. The van der Waals surface area contributed by atoms with Crippen molar-refractivity contribution in [2.45, 2.75) is 18.7 Å². The summed E-state index contributed by atoms with van der Waals surface area (Å²) in [4.78, 5) is 8.01. The van der Waals surface area contributed by atoms with E-state index in [-0.39, 0.29) is 11.3 Å². The van der Waals surface area contributed by atoms with Crippen LogP contribution in [-0.4, -0.2) is 39.6 Å². The van der Waals surface area contributed by atoms with Gasteiger partial charge in [0.15, 0.2) is 0 Å². The zero-order valence-corrected chi connectivity index (χ0v) is 20.6. The molecule has 1 N–H and O–H groups in total.